The Hall–Kier alpha value is -3.41. The fourth-order valence-electron chi connectivity index (χ4n) is 4.01. The van der Waals surface area contributed by atoms with Gasteiger partial charge in [0.05, 0.1) is 18.4 Å². The summed E-state index contributed by atoms with van der Waals surface area (Å²) in [5, 5.41) is 2.94. The molecule has 0 bridgehead atoms. The average Bonchev–Trinajstić information content (AvgIpc) is 3.33. The molecule has 2 aliphatic heterocycles. The first-order valence-electron chi connectivity index (χ1n) is 9.81. The molecule has 0 spiro atoms. The third-order valence-corrected chi connectivity index (χ3v) is 5.45. The van der Waals surface area contributed by atoms with E-state index in [1.807, 2.05) is 18.2 Å². The van der Waals surface area contributed by atoms with Gasteiger partial charge in [0.2, 0.25) is 0 Å². The van der Waals surface area contributed by atoms with Crippen LogP contribution in [0.2, 0.25) is 0 Å². The van der Waals surface area contributed by atoms with Crippen LogP contribution in [0.1, 0.15) is 28.6 Å². The summed E-state index contributed by atoms with van der Waals surface area (Å²) in [5.41, 5.74) is 3.73. The largest absolute Gasteiger partial charge is 0.486 e. The van der Waals surface area contributed by atoms with Crippen LogP contribution < -0.4 is 19.7 Å². The Balaban J connectivity index is 1.34. The number of ether oxygens (including phenoxy) is 2. The molecule has 2 aliphatic rings. The molecule has 0 saturated carbocycles. The molecule has 1 N–H and O–H groups in total. The van der Waals surface area contributed by atoms with Crippen molar-refractivity contribution in [1.82, 2.24) is 0 Å². The van der Waals surface area contributed by atoms with Crippen LogP contribution in [-0.4, -0.2) is 25.2 Å². The van der Waals surface area contributed by atoms with Gasteiger partial charge in [-0.1, -0.05) is 18.2 Å². The van der Waals surface area contributed by atoms with Crippen molar-refractivity contribution in [3.8, 4) is 11.5 Å². The first kappa shape index (κ1) is 17.7. The number of nitrogens with one attached hydrogen (secondary N) is 1. The van der Waals surface area contributed by atoms with Crippen LogP contribution in [0.4, 0.5) is 11.4 Å². The molecule has 1 unspecified atom stereocenters. The summed E-state index contributed by atoms with van der Waals surface area (Å²) >= 11 is 0. The minimum Gasteiger partial charge on any atom is -0.486 e. The van der Waals surface area contributed by atoms with Crippen molar-refractivity contribution in [1.29, 1.82) is 0 Å². The van der Waals surface area contributed by atoms with Gasteiger partial charge in [0.1, 0.15) is 19.0 Å². The van der Waals surface area contributed by atoms with E-state index in [9.17, 15) is 4.79 Å². The predicted octanol–water partition coefficient (Wildman–Crippen LogP) is 4.25. The van der Waals surface area contributed by atoms with Crippen LogP contribution >= 0.6 is 0 Å². The van der Waals surface area contributed by atoms with Gasteiger partial charge in [-0.3, -0.25) is 4.79 Å². The van der Waals surface area contributed by atoms with Gasteiger partial charge in [0, 0.05) is 23.5 Å². The molecule has 1 atom stereocenters. The first-order chi connectivity index (χ1) is 14.2. The molecule has 6 nitrogen and oxygen atoms in total. The third-order valence-electron chi connectivity index (χ3n) is 5.45. The Morgan fingerprint density at radius 2 is 1.93 bits per heavy atom. The van der Waals surface area contributed by atoms with Crippen molar-refractivity contribution in [2.45, 2.75) is 25.9 Å². The number of anilines is 2. The Morgan fingerprint density at radius 1 is 1.10 bits per heavy atom. The quantitative estimate of drug-likeness (QED) is 0.721. The van der Waals surface area contributed by atoms with E-state index >= 15 is 0 Å². The molecule has 148 valence electrons. The lowest BCUT2D eigenvalue weighted by atomic mass is 10.1. The van der Waals surface area contributed by atoms with E-state index in [0.717, 1.165) is 6.42 Å². The SMILES string of the molecule is CC1Cc2ccccc2N1Cc1occc1C(=O)Nc1ccc2c(c1)OCCO2. The molecule has 3 heterocycles. The fraction of sp³-hybridized carbons (Fsp3) is 0.261. The van der Waals surface area contributed by atoms with Crippen LogP contribution in [0.15, 0.2) is 59.2 Å². The number of carbonyl (C=O) groups excluding carboxylic acids is 1. The monoisotopic (exact) mass is 390 g/mol. The highest BCUT2D eigenvalue weighted by atomic mass is 16.6. The van der Waals surface area contributed by atoms with E-state index < -0.39 is 0 Å². The maximum Gasteiger partial charge on any atom is 0.259 e. The second kappa shape index (κ2) is 7.20. The van der Waals surface area contributed by atoms with Crippen LogP contribution in [-0.2, 0) is 13.0 Å². The van der Waals surface area contributed by atoms with Crippen molar-refractivity contribution in [3.05, 3.63) is 71.7 Å². The lowest BCUT2D eigenvalue weighted by Gasteiger charge is -2.24. The van der Waals surface area contributed by atoms with E-state index in [0.29, 0.717) is 54.3 Å². The smallest absolute Gasteiger partial charge is 0.259 e. The Labute approximate surface area is 169 Å². The second-order valence-electron chi connectivity index (χ2n) is 7.38. The van der Waals surface area contributed by atoms with Gasteiger partial charge < -0.3 is 24.1 Å². The minimum absolute atomic E-state index is 0.203. The van der Waals surface area contributed by atoms with Crippen molar-refractivity contribution < 1.29 is 18.7 Å². The molecule has 1 amide bonds. The van der Waals surface area contributed by atoms with Crippen molar-refractivity contribution in [2.24, 2.45) is 0 Å². The minimum atomic E-state index is -0.203. The van der Waals surface area contributed by atoms with Crippen molar-refractivity contribution in [2.75, 3.05) is 23.4 Å². The molecule has 0 fully saturated rings. The normalized spacial score (nSPS) is 17.1. The molecular weight excluding hydrogens is 368 g/mol. The highest BCUT2D eigenvalue weighted by molar-refractivity contribution is 6.05. The number of rotatable bonds is 4. The Morgan fingerprint density at radius 3 is 2.83 bits per heavy atom. The Kier molecular flexibility index (Phi) is 4.39. The van der Waals surface area contributed by atoms with E-state index in [1.54, 1.807) is 18.4 Å². The maximum atomic E-state index is 12.9. The molecule has 1 aromatic heterocycles. The second-order valence-corrected chi connectivity index (χ2v) is 7.38. The highest BCUT2D eigenvalue weighted by Gasteiger charge is 2.28. The molecule has 29 heavy (non-hydrogen) atoms. The zero-order chi connectivity index (χ0) is 19.8. The summed E-state index contributed by atoms with van der Waals surface area (Å²) in [4.78, 5) is 15.2. The van der Waals surface area contributed by atoms with Gasteiger partial charge in [-0.05, 0) is 43.2 Å². The number of benzene rings is 2. The summed E-state index contributed by atoms with van der Waals surface area (Å²) in [6.07, 6.45) is 2.57. The zero-order valence-electron chi connectivity index (χ0n) is 16.2. The molecule has 0 aliphatic carbocycles. The number of carbonyl (C=O) groups is 1. The molecule has 5 rings (SSSR count). The standard InChI is InChI=1S/C23H22N2O4/c1-15-12-16-4-2-3-5-19(16)25(15)14-22-18(8-9-27-22)23(26)24-17-6-7-20-21(13-17)29-11-10-28-20/h2-9,13,15H,10-12,14H2,1H3,(H,24,26). The summed E-state index contributed by atoms with van der Waals surface area (Å²) < 4.78 is 16.8. The molecule has 3 aromatic rings. The van der Waals surface area contributed by atoms with Crippen LogP contribution in [0, 0.1) is 0 Å². The maximum absolute atomic E-state index is 12.9. The van der Waals surface area contributed by atoms with Crippen molar-refractivity contribution >= 4 is 17.3 Å². The van der Waals surface area contributed by atoms with Gasteiger partial charge in [-0.25, -0.2) is 0 Å². The lowest BCUT2D eigenvalue weighted by Crippen LogP contribution is -2.29. The lowest BCUT2D eigenvalue weighted by molar-refractivity contribution is 0.102. The van der Waals surface area contributed by atoms with E-state index in [4.69, 9.17) is 13.9 Å². The molecule has 6 heteroatoms. The fourth-order valence-corrected chi connectivity index (χ4v) is 4.01. The highest BCUT2D eigenvalue weighted by Crippen LogP contribution is 2.35. The van der Waals surface area contributed by atoms with Gasteiger partial charge in [0.25, 0.3) is 5.91 Å². The number of para-hydroxylation sites is 1. The van der Waals surface area contributed by atoms with Gasteiger partial charge >= 0.3 is 0 Å². The average molecular weight is 390 g/mol. The van der Waals surface area contributed by atoms with Crippen LogP contribution in [0.25, 0.3) is 0 Å². The molecule has 0 saturated heterocycles. The summed E-state index contributed by atoms with van der Waals surface area (Å²) in [5.74, 6) is 1.79. The number of furan rings is 1. The molecular formula is C23H22N2O4. The van der Waals surface area contributed by atoms with E-state index in [2.05, 4.69) is 35.3 Å². The first-order valence-corrected chi connectivity index (χ1v) is 9.81. The number of nitrogens with zero attached hydrogens (tertiary/aromatic N) is 1. The number of fused-ring (bicyclic) bond motifs is 2. The summed E-state index contributed by atoms with van der Waals surface area (Å²) in [7, 11) is 0. The number of amides is 1. The molecule has 0 radical (unpaired) electrons. The third kappa shape index (κ3) is 3.31. The van der Waals surface area contributed by atoms with Crippen LogP contribution in [0.5, 0.6) is 11.5 Å². The molecule has 2 aromatic carbocycles. The predicted molar refractivity (Wildman–Crippen MR) is 110 cm³/mol. The van der Waals surface area contributed by atoms with Gasteiger partial charge in [-0.2, -0.15) is 0 Å². The summed E-state index contributed by atoms with van der Waals surface area (Å²) in [6.45, 7) is 3.79. The topological polar surface area (TPSA) is 63.9 Å². The zero-order valence-corrected chi connectivity index (χ0v) is 16.2. The van der Waals surface area contributed by atoms with E-state index in [-0.39, 0.29) is 5.91 Å². The van der Waals surface area contributed by atoms with E-state index in [1.165, 1.54) is 11.3 Å². The Bertz CT molecular complexity index is 1060. The summed E-state index contributed by atoms with van der Waals surface area (Å²) in [6, 6.07) is 15.9. The van der Waals surface area contributed by atoms with Gasteiger partial charge in [0.15, 0.2) is 11.5 Å². The van der Waals surface area contributed by atoms with Crippen molar-refractivity contribution in [3.63, 3.8) is 0 Å². The number of hydrogen-bond acceptors (Lipinski definition) is 5. The van der Waals surface area contributed by atoms with Gasteiger partial charge in [-0.15, -0.1) is 0 Å². The number of hydrogen-bond donors (Lipinski definition) is 1. The van der Waals surface area contributed by atoms with Crippen LogP contribution in [0.3, 0.4) is 0 Å².